The van der Waals surface area contributed by atoms with E-state index in [1.807, 2.05) is 6.92 Å². The molecule has 7 heteroatoms. The molecule has 0 aromatic carbocycles. The highest BCUT2D eigenvalue weighted by atomic mass is 16.7. The monoisotopic (exact) mass is 273 g/mol. The van der Waals surface area contributed by atoms with E-state index in [-0.39, 0.29) is 6.03 Å². The van der Waals surface area contributed by atoms with Gasteiger partial charge in [0.1, 0.15) is 0 Å². The van der Waals surface area contributed by atoms with Gasteiger partial charge in [-0.3, -0.25) is 4.90 Å². The van der Waals surface area contributed by atoms with Crippen LogP contribution >= 0.6 is 0 Å². The van der Waals surface area contributed by atoms with Crippen LogP contribution < -0.4 is 11.1 Å². The molecule has 3 N–H and O–H groups in total. The average molecular weight is 273 g/mol. The molecule has 0 aliphatic carbocycles. The van der Waals surface area contributed by atoms with Gasteiger partial charge in [-0.05, 0) is 12.5 Å². The van der Waals surface area contributed by atoms with Crippen molar-refractivity contribution in [3.8, 4) is 0 Å². The van der Waals surface area contributed by atoms with Crippen LogP contribution in [-0.2, 0) is 14.2 Å². The summed E-state index contributed by atoms with van der Waals surface area (Å²) in [5.74, 6) is 0. The number of nitrogens with one attached hydrogen (secondary N) is 1. The Kier molecular flexibility index (Phi) is 7.42. The number of carbonyl (C=O) groups is 1. The third-order valence-electron chi connectivity index (χ3n) is 2.47. The van der Waals surface area contributed by atoms with Crippen molar-refractivity contribution in [1.29, 1.82) is 0 Å². The first-order valence-corrected chi connectivity index (χ1v) is 6.40. The predicted molar refractivity (Wildman–Crippen MR) is 70.2 cm³/mol. The van der Waals surface area contributed by atoms with Gasteiger partial charge >= 0.3 is 6.03 Å². The normalized spacial score (nSPS) is 20.5. The molecule has 1 heterocycles. The van der Waals surface area contributed by atoms with E-state index < -0.39 is 12.5 Å². The Morgan fingerprint density at radius 2 is 2.16 bits per heavy atom. The molecule has 1 rings (SSSR count). The van der Waals surface area contributed by atoms with Gasteiger partial charge in [0, 0.05) is 19.9 Å². The van der Waals surface area contributed by atoms with Crippen molar-refractivity contribution in [1.82, 2.24) is 10.2 Å². The fourth-order valence-corrected chi connectivity index (χ4v) is 1.51. The molecule has 0 saturated carbocycles. The lowest BCUT2D eigenvalue weighted by molar-refractivity contribution is -0.152. The first-order valence-electron chi connectivity index (χ1n) is 6.40. The molecule has 19 heavy (non-hydrogen) atoms. The van der Waals surface area contributed by atoms with E-state index in [1.54, 1.807) is 19.4 Å². The summed E-state index contributed by atoms with van der Waals surface area (Å²) in [6.45, 7) is 3.82. The van der Waals surface area contributed by atoms with Crippen LogP contribution in [0.25, 0.3) is 0 Å². The Balaban J connectivity index is 2.45. The number of nitrogens with two attached hydrogens (primary N) is 1. The summed E-state index contributed by atoms with van der Waals surface area (Å²) in [5, 5.41) is 2.60. The van der Waals surface area contributed by atoms with E-state index >= 15 is 0 Å². The summed E-state index contributed by atoms with van der Waals surface area (Å²) in [6.07, 6.45) is 3.32. The molecule has 1 unspecified atom stereocenters. The minimum atomic E-state index is -0.472. The SMILES string of the molecule is CCCO[C@H](CN1C=CC(N)NC1=O)OCCOC. The molecule has 110 valence electrons. The lowest BCUT2D eigenvalue weighted by atomic mass is 10.4. The number of nitrogens with zero attached hydrogens (tertiary/aromatic N) is 1. The average Bonchev–Trinajstić information content (AvgIpc) is 2.39. The van der Waals surface area contributed by atoms with E-state index in [2.05, 4.69) is 5.32 Å². The molecular formula is C12H23N3O4. The van der Waals surface area contributed by atoms with Crippen LogP contribution in [0.2, 0.25) is 0 Å². The maximum atomic E-state index is 11.7. The number of amides is 2. The van der Waals surface area contributed by atoms with Crippen molar-refractivity contribution in [2.45, 2.75) is 25.8 Å². The second kappa shape index (κ2) is 8.87. The molecular weight excluding hydrogens is 250 g/mol. The summed E-state index contributed by atoms with van der Waals surface area (Å²) in [6, 6.07) is -0.254. The molecule has 2 atom stereocenters. The van der Waals surface area contributed by atoms with E-state index in [4.69, 9.17) is 19.9 Å². The summed E-state index contributed by atoms with van der Waals surface area (Å²) >= 11 is 0. The lowest BCUT2D eigenvalue weighted by Gasteiger charge is -2.29. The van der Waals surface area contributed by atoms with Gasteiger partial charge in [-0.25, -0.2) is 4.79 Å². The van der Waals surface area contributed by atoms with Gasteiger partial charge in [0.2, 0.25) is 0 Å². The number of hydrogen-bond acceptors (Lipinski definition) is 5. The Morgan fingerprint density at radius 1 is 1.42 bits per heavy atom. The van der Waals surface area contributed by atoms with Crippen LogP contribution in [0.3, 0.4) is 0 Å². The van der Waals surface area contributed by atoms with Crippen molar-refractivity contribution in [3.05, 3.63) is 12.3 Å². The van der Waals surface area contributed by atoms with Crippen LogP contribution in [0.5, 0.6) is 0 Å². The number of rotatable bonds is 9. The zero-order chi connectivity index (χ0) is 14.1. The molecule has 0 spiro atoms. The fourth-order valence-electron chi connectivity index (χ4n) is 1.51. The van der Waals surface area contributed by atoms with E-state index in [1.165, 1.54) is 4.90 Å². The second-order valence-electron chi connectivity index (χ2n) is 4.13. The molecule has 7 nitrogen and oxygen atoms in total. The van der Waals surface area contributed by atoms with E-state index in [9.17, 15) is 4.79 Å². The quantitative estimate of drug-likeness (QED) is 0.464. The lowest BCUT2D eigenvalue weighted by Crippen LogP contribution is -2.51. The van der Waals surface area contributed by atoms with Crippen LogP contribution in [0.4, 0.5) is 4.79 Å². The van der Waals surface area contributed by atoms with Gasteiger partial charge in [-0.15, -0.1) is 0 Å². The van der Waals surface area contributed by atoms with E-state index in [0.29, 0.717) is 26.4 Å². The first-order chi connectivity index (χ1) is 9.17. The standard InChI is InChI=1S/C12H23N3O4/c1-3-6-18-11(19-8-7-17-2)9-15-5-4-10(13)14-12(15)16/h4-5,10-11H,3,6-9,13H2,1-2H3,(H,14,16)/t10?,11-/m0/s1. The molecule has 0 aromatic rings. The topological polar surface area (TPSA) is 86.1 Å². The van der Waals surface area contributed by atoms with Crippen molar-refractivity contribution < 1.29 is 19.0 Å². The van der Waals surface area contributed by atoms with Gasteiger partial charge in [0.25, 0.3) is 0 Å². The van der Waals surface area contributed by atoms with Crippen molar-refractivity contribution in [2.24, 2.45) is 5.73 Å². The summed E-state index contributed by atoms with van der Waals surface area (Å²) in [4.78, 5) is 13.2. The highest BCUT2D eigenvalue weighted by molar-refractivity contribution is 5.76. The van der Waals surface area contributed by atoms with Gasteiger partial charge in [-0.1, -0.05) is 6.92 Å². The third-order valence-corrected chi connectivity index (χ3v) is 2.47. The maximum absolute atomic E-state index is 11.7. The Hall–Kier alpha value is -1.15. The Bertz CT molecular complexity index is 299. The minimum absolute atomic E-state index is 0.254. The zero-order valence-electron chi connectivity index (χ0n) is 11.5. The van der Waals surface area contributed by atoms with Gasteiger partial charge in [0.15, 0.2) is 6.29 Å². The van der Waals surface area contributed by atoms with Crippen LogP contribution in [0.15, 0.2) is 12.3 Å². The van der Waals surface area contributed by atoms with Crippen molar-refractivity contribution in [2.75, 3.05) is 33.5 Å². The number of ether oxygens (including phenoxy) is 3. The highest BCUT2D eigenvalue weighted by Crippen LogP contribution is 2.05. The smallest absolute Gasteiger partial charge is 0.323 e. The molecule has 0 bridgehead atoms. The van der Waals surface area contributed by atoms with Gasteiger partial charge in [0.05, 0.1) is 25.9 Å². The number of methoxy groups -OCH3 is 1. The Morgan fingerprint density at radius 3 is 2.79 bits per heavy atom. The summed E-state index contributed by atoms with van der Waals surface area (Å²) in [7, 11) is 1.60. The number of hydrogen-bond donors (Lipinski definition) is 2. The molecule has 1 aliphatic heterocycles. The molecule has 2 amide bonds. The zero-order valence-corrected chi connectivity index (χ0v) is 11.5. The number of carbonyl (C=O) groups excluding carboxylic acids is 1. The molecule has 1 aliphatic rings. The minimum Gasteiger partial charge on any atom is -0.382 e. The summed E-state index contributed by atoms with van der Waals surface area (Å²) in [5.41, 5.74) is 5.57. The van der Waals surface area contributed by atoms with Gasteiger partial charge < -0.3 is 25.3 Å². The predicted octanol–water partition coefficient (Wildman–Crippen LogP) is 0.226. The van der Waals surface area contributed by atoms with E-state index in [0.717, 1.165) is 6.42 Å². The molecule has 0 aromatic heterocycles. The van der Waals surface area contributed by atoms with Crippen LogP contribution in [0, 0.1) is 0 Å². The Labute approximate surface area is 113 Å². The summed E-state index contributed by atoms with van der Waals surface area (Å²) < 4.78 is 16.0. The largest absolute Gasteiger partial charge is 0.382 e. The van der Waals surface area contributed by atoms with Crippen molar-refractivity contribution >= 4 is 6.03 Å². The molecule has 0 radical (unpaired) electrons. The fraction of sp³-hybridized carbons (Fsp3) is 0.750. The van der Waals surface area contributed by atoms with Crippen LogP contribution in [-0.4, -0.2) is 56.9 Å². The van der Waals surface area contributed by atoms with Crippen molar-refractivity contribution in [3.63, 3.8) is 0 Å². The first kappa shape index (κ1) is 15.9. The maximum Gasteiger partial charge on any atom is 0.323 e. The second-order valence-corrected chi connectivity index (χ2v) is 4.13. The highest BCUT2D eigenvalue weighted by Gasteiger charge is 2.22. The van der Waals surface area contributed by atoms with Gasteiger partial charge in [-0.2, -0.15) is 0 Å². The third kappa shape index (κ3) is 6.02. The number of urea groups is 1. The molecule has 0 saturated heterocycles. The molecule has 0 fully saturated rings. The van der Waals surface area contributed by atoms with Crippen LogP contribution in [0.1, 0.15) is 13.3 Å².